The van der Waals surface area contributed by atoms with Crippen LogP contribution in [0.4, 0.5) is 0 Å². The first-order valence-electron chi connectivity index (χ1n) is 15.7. The molecule has 5 aliphatic rings. The van der Waals surface area contributed by atoms with E-state index in [2.05, 4.69) is 91.9 Å². The maximum absolute atomic E-state index is 12.8. The maximum Gasteiger partial charge on any atom is 0.344 e. The number of rotatable bonds is 8. The minimum atomic E-state index is -0.517. The van der Waals surface area contributed by atoms with E-state index < -0.39 is 10.9 Å². The maximum atomic E-state index is 12.8. The molecular formula is C38H38O3S2. The van der Waals surface area contributed by atoms with Gasteiger partial charge in [-0.15, -0.1) is 11.8 Å². The van der Waals surface area contributed by atoms with E-state index in [1.807, 2.05) is 23.9 Å². The van der Waals surface area contributed by atoms with Crippen molar-refractivity contribution in [3.63, 3.8) is 0 Å². The second kappa shape index (κ2) is 11.1. The molecule has 4 fully saturated rings. The molecule has 0 unspecified atom stereocenters. The number of carbonyl (C=O) groups excluding carboxylic acids is 1. The molecule has 0 amide bonds. The molecule has 1 heterocycles. The molecule has 4 aromatic carbocycles. The highest BCUT2D eigenvalue weighted by Gasteiger charge is 2.57. The quantitative estimate of drug-likeness (QED) is 0.108. The van der Waals surface area contributed by atoms with Gasteiger partial charge in [0.15, 0.2) is 6.61 Å². The number of benzene rings is 4. The topological polar surface area (TPSA) is 35.5 Å². The number of hydrogen-bond acceptors (Lipinski definition) is 4. The van der Waals surface area contributed by atoms with Crippen molar-refractivity contribution < 1.29 is 14.3 Å². The summed E-state index contributed by atoms with van der Waals surface area (Å²) in [6, 6.07) is 35.0. The zero-order chi connectivity index (χ0) is 29.0. The molecule has 4 aliphatic carbocycles. The molecule has 0 N–H and O–H groups in total. The van der Waals surface area contributed by atoms with Crippen molar-refractivity contribution in [1.29, 1.82) is 0 Å². The van der Waals surface area contributed by atoms with Crippen LogP contribution in [0.2, 0.25) is 0 Å². The number of fused-ring (bicyclic) bond motifs is 3. The van der Waals surface area contributed by atoms with Crippen molar-refractivity contribution >= 4 is 28.6 Å². The van der Waals surface area contributed by atoms with Gasteiger partial charge in [-0.3, -0.25) is 0 Å². The van der Waals surface area contributed by atoms with Gasteiger partial charge in [0.2, 0.25) is 0 Å². The van der Waals surface area contributed by atoms with Gasteiger partial charge < -0.3 is 9.47 Å². The van der Waals surface area contributed by atoms with Crippen molar-refractivity contribution in [1.82, 2.24) is 0 Å². The fourth-order valence-corrected chi connectivity index (χ4v) is 11.9. The SMILES string of the molecule is CC1(OC(=O)COc2ccc(CSc3ccc([SH]4c5ccccc5-c5ccccc54)cc3)cc2)C2CC3CC(C2)CC1C3. The second-order valence-corrected chi connectivity index (χ2v) is 16.2. The summed E-state index contributed by atoms with van der Waals surface area (Å²) in [7, 11) is -0.517. The Morgan fingerprint density at radius 3 is 1.95 bits per heavy atom. The first-order chi connectivity index (χ1) is 21.0. The van der Waals surface area contributed by atoms with Crippen LogP contribution in [0.3, 0.4) is 0 Å². The Labute approximate surface area is 261 Å². The van der Waals surface area contributed by atoms with E-state index in [1.54, 1.807) is 0 Å². The van der Waals surface area contributed by atoms with Crippen LogP contribution in [-0.2, 0) is 15.3 Å². The Morgan fingerprint density at radius 1 is 0.767 bits per heavy atom. The number of carbonyl (C=O) groups is 1. The summed E-state index contributed by atoms with van der Waals surface area (Å²) in [5, 5.41) is 0. The van der Waals surface area contributed by atoms with Gasteiger partial charge in [0.1, 0.15) is 11.4 Å². The first kappa shape index (κ1) is 27.4. The predicted molar refractivity (Wildman–Crippen MR) is 175 cm³/mol. The van der Waals surface area contributed by atoms with Crippen molar-refractivity contribution in [3.05, 3.63) is 103 Å². The van der Waals surface area contributed by atoms with E-state index in [-0.39, 0.29) is 18.2 Å². The van der Waals surface area contributed by atoms with E-state index in [1.165, 1.54) is 68.4 Å². The van der Waals surface area contributed by atoms with Crippen LogP contribution in [0.25, 0.3) is 11.1 Å². The highest BCUT2D eigenvalue weighted by molar-refractivity contribution is 8.17. The molecule has 4 aromatic rings. The third-order valence-electron chi connectivity index (χ3n) is 10.5. The van der Waals surface area contributed by atoms with Crippen LogP contribution < -0.4 is 4.74 Å². The number of thiol groups is 1. The van der Waals surface area contributed by atoms with Crippen molar-refractivity contribution in [2.24, 2.45) is 23.7 Å². The highest BCUT2D eigenvalue weighted by atomic mass is 32.2. The van der Waals surface area contributed by atoms with E-state index >= 15 is 0 Å². The first-order valence-corrected chi connectivity index (χ1v) is 18.0. The summed E-state index contributed by atoms with van der Waals surface area (Å²) in [4.78, 5) is 18.4. The number of hydrogen-bond donors (Lipinski definition) is 1. The Balaban J connectivity index is 0.854. The molecule has 1 aliphatic heterocycles. The lowest BCUT2D eigenvalue weighted by atomic mass is 9.50. The molecule has 9 rings (SSSR count). The van der Waals surface area contributed by atoms with Crippen LogP contribution in [0.15, 0.2) is 117 Å². The monoisotopic (exact) mass is 606 g/mol. The molecule has 4 saturated carbocycles. The molecule has 220 valence electrons. The van der Waals surface area contributed by atoms with E-state index in [0.717, 1.165) is 17.6 Å². The van der Waals surface area contributed by atoms with Crippen molar-refractivity contribution in [3.8, 4) is 16.9 Å². The van der Waals surface area contributed by atoms with Crippen molar-refractivity contribution in [2.75, 3.05) is 6.61 Å². The van der Waals surface area contributed by atoms with Gasteiger partial charge in [-0.25, -0.2) is 4.79 Å². The molecule has 43 heavy (non-hydrogen) atoms. The zero-order valence-electron chi connectivity index (χ0n) is 24.6. The summed E-state index contributed by atoms with van der Waals surface area (Å²) in [5.74, 6) is 4.13. The summed E-state index contributed by atoms with van der Waals surface area (Å²) >= 11 is 1.84. The number of ether oxygens (including phenoxy) is 2. The summed E-state index contributed by atoms with van der Waals surface area (Å²) in [6.45, 7) is 2.16. The third-order valence-corrected chi connectivity index (χ3v) is 14.1. The van der Waals surface area contributed by atoms with Crippen LogP contribution in [0.1, 0.15) is 44.6 Å². The van der Waals surface area contributed by atoms with E-state index in [9.17, 15) is 4.79 Å². The van der Waals surface area contributed by atoms with E-state index in [4.69, 9.17) is 9.47 Å². The van der Waals surface area contributed by atoms with Crippen LogP contribution in [-0.4, -0.2) is 18.2 Å². The average Bonchev–Trinajstić information content (AvgIpc) is 3.37. The van der Waals surface area contributed by atoms with Crippen LogP contribution >= 0.6 is 22.7 Å². The van der Waals surface area contributed by atoms with Gasteiger partial charge in [-0.2, -0.15) is 10.9 Å². The molecule has 0 spiro atoms. The zero-order valence-corrected chi connectivity index (χ0v) is 26.3. The highest BCUT2D eigenvalue weighted by Crippen LogP contribution is 2.62. The molecule has 0 radical (unpaired) electrons. The molecule has 0 saturated heterocycles. The normalized spacial score (nSPS) is 27.0. The Hall–Kier alpha value is -3.15. The molecule has 4 bridgehead atoms. The molecule has 5 heteroatoms. The third kappa shape index (κ3) is 5.09. The van der Waals surface area contributed by atoms with Gasteiger partial charge in [-0.1, -0.05) is 48.5 Å². The lowest BCUT2D eigenvalue weighted by molar-refractivity contribution is -0.204. The largest absolute Gasteiger partial charge is 0.482 e. The van der Waals surface area contributed by atoms with Crippen LogP contribution in [0.5, 0.6) is 5.75 Å². The predicted octanol–water partition coefficient (Wildman–Crippen LogP) is 9.57. The average molecular weight is 607 g/mol. The molecule has 3 nitrogen and oxygen atoms in total. The number of esters is 1. The minimum absolute atomic E-state index is 0.0280. The second-order valence-electron chi connectivity index (χ2n) is 13.0. The van der Waals surface area contributed by atoms with Gasteiger partial charge in [-0.05, 0) is 133 Å². The minimum Gasteiger partial charge on any atom is -0.482 e. The lowest BCUT2D eigenvalue weighted by Gasteiger charge is -2.59. The standard InChI is InChI=1S/C38H38O3S2/c1-38(28-19-26-18-27(21-28)22-29(38)20-26)41-37(39)23-40-30-12-10-25(11-13-30)24-42-31-14-16-32(17-15-31)43-35-8-4-2-6-33(35)34-7-3-5-9-36(34)43/h2-17,26-29,43H,18-24H2,1H3. The molecular weight excluding hydrogens is 569 g/mol. The van der Waals surface area contributed by atoms with Gasteiger partial charge in [0.25, 0.3) is 0 Å². The molecule has 0 atom stereocenters. The summed E-state index contributed by atoms with van der Waals surface area (Å²) in [5.41, 5.74) is 3.68. The Morgan fingerprint density at radius 2 is 1.35 bits per heavy atom. The Bertz CT molecular complexity index is 1570. The fourth-order valence-electron chi connectivity index (χ4n) is 8.44. The smallest absolute Gasteiger partial charge is 0.344 e. The summed E-state index contributed by atoms with van der Waals surface area (Å²) in [6.07, 6.45) is 6.31. The van der Waals surface area contributed by atoms with E-state index in [0.29, 0.717) is 17.6 Å². The molecule has 0 aromatic heterocycles. The fraction of sp³-hybridized carbons (Fsp3) is 0.342. The van der Waals surface area contributed by atoms with Gasteiger partial charge in [0.05, 0.1) is 0 Å². The van der Waals surface area contributed by atoms with Gasteiger partial charge >= 0.3 is 5.97 Å². The summed E-state index contributed by atoms with van der Waals surface area (Å²) < 4.78 is 12.0. The number of thioether (sulfide) groups is 1. The Kier molecular flexibility index (Phi) is 7.07. The van der Waals surface area contributed by atoms with Gasteiger partial charge in [0, 0.05) is 20.4 Å². The van der Waals surface area contributed by atoms with Crippen LogP contribution in [0, 0.1) is 23.7 Å². The lowest BCUT2D eigenvalue weighted by Crippen LogP contribution is -2.58. The van der Waals surface area contributed by atoms with Crippen molar-refractivity contribution in [2.45, 2.75) is 70.0 Å².